The number of amides is 1. The third-order valence-electron chi connectivity index (χ3n) is 2.62. The molecule has 0 radical (unpaired) electrons. The number of anilines is 1. The Kier molecular flexibility index (Phi) is 4.70. The van der Waals surface area contributed by atoms with E-state index >= 15 is 0 Å². The fourth-order valence-corrected chi connectivity index (χ4v) is 1.53. The molecule has 1 amide bonds. The monoisotopic (exact) mass is 234 g/mol. The highest BCUT2D eigenvalue weighted by Gasteiger charge is 2.13. The highest BCUT2D eigenvalue weighted by molar-refractivity contribution is 5.90. The quantitative estimate of drug-likeness (QED) is 0.823. The Morgan fingerprint density at radius 1 is 1.41 bits per heavy atom. The van der Waals surface area contributed by atoms with Gasteiger partial charge in [-0.15, -0.1) is 0 Å². The summed E-state index contributed by atoms with van der Waals surface area (Å²) in [4.78, 5) is 11.7. The second-order valence-corrected chi connectivity index (χ2v) is 5.09. The summed E-state index contributed by atoms with van der Waals surface area (Å²) in [6.07, 6.45) is 2.12. The standard InChI is InChI=1S/C14H22N2O/c1-4-11-6-5-7-12(10-11)16-13(17)8-9-14(2,3)15/h5-7,10H,4,8-9,15H2,1-3H3,(H,16,17). The van der Waals surface area contributed by atoms with Crippen LogP contribution in [0.4, 0.5) is 5.69 Å². The molecule has 0 saturated carbocycles. The summed E-state index contributed by atoms with van der Waals surface area (Å²) >= 11 is 0. The van der Waals surface area contributed by atoms with Crippen molar-refractivity contribution >= 4 is 11.6 Å². The number of nitrogens with one attached hydrogen (secondary N) is 1. The van der Waals surface area contributed by atoms with Crippen molar-refractivity contribution in [3.63, 3.8) is 0 Å². The number of carbonyl (C=O) groups is 1. The minimum Gasteiger partial charge on any atom is -0.326 e. The molecule has 3 nitrogen and oxygen atoms in total. The lowest BCUT2D eigenvalue weighted by atomic mass is 10.00. The van der Waals surface area contributed by atoms with Gasteiger partial charge in [0, 0.05) is 17.6 Å². The van der Waals surface area contributed by atoms with Crippen LogP contribution in [0, 0.1) is 0 Å². The van der Waals surface area contributed by atoms with Gasteiger partial charge in [0.15, 0.2) is 0 Å². The summed E-state index contributed by atoms with van der Waals surface area (Å²) in [5, 5.41) is 2.89. The van der Waals surface area contributed by atoms with E-state index in [9.17, 15) is 4.79 Å². The third kappa shape index (κ3) is 5.50. The van der Waals surface area contributed by atoms with Crippen molar-refractivity contribution in [1.82, 2.24) is 0 Å². The fraction of sp³-hybridized carbons (Fsp3) is 0.500. The number of benzene rings is 1. The number of hydrogen-bond acceptors (Lipinski definition) is 2. The molecule has 94 valence electrons. The highest BCUT2D eigenvalue weighted by atomic mass is 16.1. The Morgan fingerprint density at radius 3 is 2.71 bits per heavy atom. The zero-order valence-electron chi connectivity index (χ0n) is 10.9. The molecule has 0 aromatic heterocycles. The Balaban J connectivity index is 2.50. The Labute approximate surface area is 103 Å². The Morgan fingerprint density at radius 2 is 2.12 bits per heavy atom. The van der Waals surface area contributed by atoms with Crippen LogP contribution >= 0.6 is 0 Å². The van der Waals surface area contributed by atoms with Gasteiger partial charge in [-0.3, -0.25) is 4.79 Å². The molecule has 0 bridgehead atoms. The molecular weight excluding hydrogens is 212 g/mol. The summed E-state index contributed by atoms with van der Waals surface area (Å²) in [6.45, 7) is 5.95. The number of rotatable bonds is 5. The molecule has 0 aliphatic rings. The summed E-state index contributed by atoms with van der Waals surface area (Å²) < 4.78 is 0. The summed E-state index contributed by atoms with van der Waals surface area (Å²) in [7, 11) is 0. The first-order valence-electron chi connectivity index (χ1n) is 6.08. The van der Waals surface area contributed by atoms with Gasteiger partial charge in [-0.1, -0.05) is 19.1 Å². The zero-order valence-corrected chi connectivity index (χ0v) is 10.9. The molecular formula is C14H22N2O. The first-order valence-corrected chi connectivity index (χ1v) is 6.08. The lowest BCUT2D eigenvalue weighted by molar-refractivity contribution is -0.116. The minimum atomic E-state index is -0.289. The van der Waals surface area contributed by atoms with Gasteiger partial charge in [0.2, 0.25) is 5.91 Å². The molecule has 0 saturated heterocycles. The molecule has 0 aliphatic heterocycles. The maximum absolute atomic E-state index is 11.7. The SMILES string of the molecule is CCc1cccc(NC(=O)CCC(C)(C)N)c1. The van der Waals surface area contributed by atoms with E-state index in [2.05, 4.69) is 18.3 Å². The zero-order chi connectivity index (χ0) is 12.9. The molecule has 1 aromatic carbocycles. The highest BCUT2D eigenvalue weighted by Crippen LogP contribution is 2.13. The van der Waals surface area contributed by atoms with E-state index in [-0.39, 0.29) is 11.4 Å². The smallest absolute Gasteiger partial charge is 0.224 e. The topological polar surface area (TPSA) is 55.1 Å². The van der Waals surface area contributed by atoms with E-state index < -0.39 is 0 Å². The summed E-state index contributed by atoms with van der Waals surface area (Å²) in [6, 6.07) is 7.93. The average Bonchev–Trinajstić information content (AvgIpc) is 2.26. The van der Waals surface area contributed by atoms with E-state index in [1.54, 1.807) is 0 Å². The van der Waals surface area contributed by atoms with Gasteiger partial charge in [0.25, 0.3) is 0 Å². The summed E-state index contributed by atoms with van der Waals surface area (Å²) in [5.74, 6) is 0.0248. The normalized spacial score (nSPS) is 11.3. The van der Waals surface area contributed by atoms with Crippen molar-refractivity contribution in [3.8, 4) is 0 Å². The van der Waals surface area contributed by atoms with Crippen molar-refractivity contribution in [2.24, 2.45) is 5.73 Å². The van der Waals surface area contributed by atoms with Crippen molar-refractivity contribution in [2.45, 2.75) is 45.6 Å². The number of nitrogens with two attached hydrogens (primary N) is 1. The van der Waals surface area contributed by atoms with Gasteiger partial charge >= 0.3 is 0 Å². The van der Waals surface area contributed by atoms with Gasteiger partial charge in [-0.25, -0.2) is 0 Å². The first kappa shape index (κ1) is 13.7. The Bertz CT molecular complexity index is 380. The molecule has 0 fully saturated rings. The predicted octanol–water partition coefficient (Wildman–Crippen LogP) is 2.71. The average molecular weight is 234 g/mol. The van der Waals surface area contributed by atoms with Crippen molar-refractivity contribution in [2.75, 3.05) is 5.32 Å². The van der Waals surface area contributed by atoms with Gasteiger partial charge in [-0.2, -0.15) is 0 Å². The largest absolute Gasteiger partial charge is 0.326 e. The van der Waals surface area contributed by atoms with Crippen LogP contribution in [0.25, 0.3) is 0 Å². The predicted molar refractivity (Wildman–Crippen MR) is 72.0 cm³/mol. The molecule has 17 heavy (non-hydrogen) atoms. The van der Waals surface area contributed by atoms with Gasteiger partial charge in [0.1, 0.15) is 0 Å². The van der Waals surface area contributed by atoms with Gasteiger partial charge in [0.05, 0.1) is 0 Å². The minimum absolute atomic E-state index is 0.0248. The molecule has 3 heteroatoms. The van der Waals surface area contributed by atoms with E-state index in [4.69, 9.17) is 5.73 Å². The molecule has 0 spiro atoms. The van der Waals surface area contributed by atoms with Gasteiger partial charge < -0.3 is 11.1 Å². The van der Waals surface area contributed by atoms with Crippen LogP contribution in [0.5, 0.6) is 0 Å². The van der Waals surface area contributed by atoms with E-state index in [1.165, 1.54) is 5.56 Å². The van der Waals surface area contributed by atoms with Crippen LogP contribution in [0.1, 0.15) is 39.2 Å². The van der Waals surface area contributed by atoms with Crippen LogP contribution in [0.15, 0.2) is 24.3 Å². The first-order chi connectivity index (χ1) is 7.90. The second-order valence-electron chi connectivity index (χ2n) is 5.09. The van der Waals surface area contributed by atoms with Crippen LogP contribution in [0.3, 0.4) is 0 Å². The van der Waals surface area contributed by atoms with Crippen molar-refractivity contribution in [3.05, 3.63) is 29.8 Å². The fourth-order valence-electron chi connectivity index (χ4n) is 1.53. The maximum atomic E-state index is 11.7. The maximum Gasteiger partial charge on any atom is 0.224 e. The summed E-state index contributed by atoms with van der Waals surface area (Å²) in [5.41, 5.74) is 7.64. The van der Waals surface area contributed by atoms with E-state index in [0.717, 1.165) is 12.1 Å². The van der Waals surface area contributed by atoms with Crippen LogP contribution in [-0.2, 0) is 11.2 Å². The Hall–Kier alpha value is -1.35. The molecule has 0 aliphatic carbocycles. The lowest BCUT2D eigenvalue weighted by Gasteiger charge is -2.17. The second kappa shape index (κ2) is 5.82. The molecule has 3 N–H and O–H groups in total. The lowest BCUT2D eigenvalue weighted by Crippen LogP contribution is -2.33. The van der Waals surface area contributed by atoms with Crippen LogP contribution < -0.4 is 11.1 Å². The molecule has 0 heterocycles. The van der Waals surface area contributed by atoms with E-state index in [1.807, 2.05) is 32.0 Å². The molecule has 1 rings (SSSR count). The van der Waals surface area contributed by atoms with Crippen molar-refractivity contribution < 1.29 is 4.79 Å². The third-order valence-corrected chi connectivity index (χ3v) is 2.62. The number of hydrogen-bond donors (Lipinski definition) is 2. The molecule has 0 atom stereocenters. The van der Waals surface area contributed by atoms with E-state index in [0.29, 0.717) is 12.8 Å². The number of aryl methyl sites for hydroxylation is 1. The molecule has 1 aromatic rings. The number of carbonyl (C=O) groups excluding carboxylic acids is 1. The van der Waals surface area contributed by atoms with Crippen LogP contribution in [0.2, 0.25) is 0 Å². The van der Waals surface area contributed by atoms with Crippen molar-refractivity contribution in [1.29, 1.82) is 0 Å². The van der Waals surface area contributed by atoms with Crippen LogP contribution in [-0.4, -0.2) is 11.4 Å². The van der Waals surface area contributed by atoms with Gasteiger partial charge in [-0.05, 0) is 44.4 Å². The molecule has 0 unspecified atom stereocenters.